The van der Waals surface area contributed by atoms with Gasteiger partial charge in [0.2, 0.25) is 0 Å². The second-order valence-corrected chi connectivity index (χ2v) is 4.20. The first-order valence-corrected chi connectivity index (χ1v) is 5.45. The van der Waals surface area contributed by atoms with Crippen LogP contribution < -0.4 is 11.1 Å². The second-order valence-electron chi connectivity index (χ2n) is 4.20. The number of piperidine rings is 1. The number of hydrogen-bond acceptors (Lipinski definition) is 2. The van der Waals surface area contributed by atoms with Gasteiger partial charge in [-0.15, -0.1) is 0 Å². The van der Waals surface area contributed by atoms with Crippen molar-refractivity contribution in [3.63, 3.8) is 0 Å². The minimum atomic E-state index is 0.200. The molecule has 2 unspecified atom stereocenters. The number of nitrogens with two attached hydrogens (primary N) is 1. The van der Waals surface area contributed by atoms with Crippen LogP contribution in [0.25, 0.3) is 0 Å². The zero-order valence-electron chi connectivity index (χ0n) is 8.50. The van der Waals surface area contributed by atoms with Gasteiger partial charge in [-0.05, 0) is 49.9 Å². The van der Waals surface area contributed by atoms with E-state index in [1.54, 1.807) is 0 Å². The van der Waals surface area contributed by atoms with Crippen LogP contribution in [0.15, 0.2) is 18.5 Å². The van der Waals surface area contributed by atoms with E-state index in [-0.39, 0.29) is 6.04 Å². The summed E-state index contributed by atoms with van der Waals surface area (Å²) >= 11 is 0. The molecule has 78 valence electrons. The molecule has 0 spiro atoms. The summed E-state index contributed by atoms with van der Waals surface area (Å²) in [6.07, 6.45) is 7.66. The minimum Gasteiger partial charge on any atom is -0.367 e. The summed E-state index contributed by atoms with van der Waals surface area (Å²) in [7, 11) is 0. The van der Waals surface area contributed by atoms with E-state index < -0.39 is 0 Å². The number of hydrogen-bond donors (Lipinski definition) is 3. The molecule has 3 nitrogen and oxygen atoms in total. The van der Waals surface area contributed by atoms with Gasteiger partial charge in [-0.3, -0.25) is 0 Å². The Hall–Kier alpha value is -0.800. The van der Waals surface area contributed by atoms with Gasteiger partial charge in [-0.25, -0.2) is 0 Å². The third kappa shape index (κ3) is 2.36. The Bertz CT molecular complexity index is 250. The van der Waals surface area contributed by atoms with E-state index in [0.29, 0.717) is 0 Å². The van der Waals surface area contributed by atoms with Crippen LogP contribution in [0.3, 0.4) is 0 Å². The Labute approximate surface area is 85.1 Å². The van der Waals surface area contributed by atoms with Crippen LogP contribution >= 0.6 is 0 Å². The molecule has 2 rings (SSSR count). The molecule has 1 saturated heterocycles. The maximum absolute atomic E-state index is 6.12. The van der Waals surface area contributed by atoms with Gasteiger partial charge in [-0.2, -0.15) is 0 Å². The Morgan fingerprint density at radius 2 is 2.50 bits per heavy atom. The predicted octanol–water partition coefficient (Wildman–Crippen LogP) is 1.40. The van der Waals surface area contributed by atoms with E-state index in [9.17, 15) is 0 Å². The molecule has 1 aromatic heterocycles. The lowest BCUT2D eigenvalue weighted by Crippen LogP contribution is -2.31. The average molecular weight is 193 g/mol. The van der Waals surface area contributed by atoms with E-state index in [2.05, 4.69) is 16.4 Å². The van der Waals surface area contributed by atoms with E-state index in [0.717, 1.165) is 18.9 Å². The summed E-state index contributed by atoms with van der Waals surface area (Å²) in [5.74, 6) is 0.758. The zero-order chi connectivity index (χ0) is 9.80. The lowest BCUT2D eigenvalue weighted by atomic mass is 9.91. The molecule has 1 aliphatic rings. The monoisotopic (exact) mass is 193 g/mol. The van der Waals surface area contributed by atoms with Crippen molar-refractivity contribution >= 4 is 0 Å². The first-order valence-electron chi connectivity index (χ1n) is 5.45. The van der Waals surface area contributed by atoms with E-state index >= 15 is 0 Å². The van der Waals surface area contributed by atoms with Gasteiger partial charge in [-0.1, -0.05) is 0 Å². The first kappa shape index (κ1) is 9.74. The van der Waals surface area contributed by atoms with Crippen LogP contribution in [-0.4, -0.2) is 18.1 Å². The van der Waals surface area contributed by atoms with Gasteiger partial charge >= 0.3 is 0 Å². The molecule has 0 aliphatic carbocycles. The maximum atomic E-state index is 6.12. The fourth-order valence-corrected chi connectivity index (χ4v) is 2.19. The van der Waals surface area contributed by atoms with Crippen LogP contribution in [-0.2, 0) is 0 Å². The highest BCUT2D eigenvalue weighted by molar-refractivity contribution is 5.13. The van der Waals surface area contributed by atoms with Crippen LogP contribution in [0.5, 0.6) is 0 Å². The van der Waals surface area contributed by atoms with Crippen LogP contribution in [0, 0.1) is 5.92 Å². The molecule has 1 aliphatic heterocycles. The average Bonchev–Trinajstić information content (AvgIpc) is 2.72. The molecular formula is C11H19N3. The lowest BCUT2D eigenvalue weighted by molar-refractivity contribution is 0.337. The Morgan fingerprint density at radius 1 is 1.57 bits per heavy atom. The first-order chi connectivity index (χ1) is 6.86. The highest BCUT2D eigenvalue weighted by Gasteiger charge is 2.17. The second kappa shape index (κ2) is 4.62. The summed E-state index contributed by atoms with van der Waals surface area (Å²) in [4.78, 5) is 3.05. The van der Waals surface area contributed by atoms with E-state index in [4.69, 9.17) is 5.73 Å². The molecule has 1 fully saturated rings. The standard InChI is InChI=1S/C11H19N3/c12-11(10-3-5-14-8-10)6-9-2-1-4-13-7-9/h3,5,8-9,11,13-14H,1-2,4,6-7,12H2. The lowest BCUT2D eigenvalue weighted by Gasteiger charge is -2.25. The van der Waals surface area contributed by atoms with Crippen LogP contribution in [0.2, 0.25) is 0 Å². The number of rotatable bonds is 3. The minimum absolute atomic E-state index is 0.200. The van der Waals surface area contributed by atoms with Crippen molar-refractivity contribution in [1.82, 2.24) is 10.3 Å². The van der Waals surface area contributed by atoms with Gasteiger partial charge in [0.25, 0.3) is 0 Å². The van der Waals surface area contributed by atoms with Crippen molar-refractivity contribution in [2.45, 2.75) is 25.3 Å². The Balaban J connectivity index is 1.84. The topological polar surface area (TPSA) is 53.8 Å². The molecule has 2 atom stereocenters. The number of aromatic amines is 1. The largest absolute Gasteiger partial charge is 0.367 e. The fraction of sp³-hybridized carbons (Fsp3) is 0.636. The van der Waals surface area contributed by atoms with E-state index in [1.165, 1.54) is 24.9 Å². The highest BCUT2D eigenvalue weighted by Crippen LogP contribution is 2.22. The Kier molecular flexibility index (Phi) is 3.22. The van der Waals surface area contributed by atoms with Crippen LogP contribution in [0.4, 0.5) is 0 Å². The highest BCUT2D eigenvalue weighted by atomic mass is 14.9. The summed E-state index contributed by atoms with van der Waals surface area (Å²) in [6, 6.07) is 2.27. The van der Waals surface area contributed by atoms with Crippen molar-refractivity contribution in [3.05, 3.63) is 24.0 Å². The van der Waals surface area contributed by atoms with Gasteiger partial charge in [0.05, 0.1) is 0 Å². The quantitative estimate of drug-likeness (QED) is 0.679. The van der Waals surface area contributed by atoms with Gasteiger partial charge in [0.15, 0.2) is 0 Å². The normalized spacial score (nSPS) is 24.8. The molecule has 3 heteroatoms. The summed E-state index contributed by atoms with van der Waals surface area (Å²) < 4.78 is 0. The number of aromatic nitrogens is 1. The van der Waals surface area contributed by atoms with Crippen molar-refractivity contribution in [1.29, 1.82) is 0 Å². The van der Waals surface area contributed by atoms with Crippen molar-refractivity contribution in [2.24, 2.45) is 11.7 Å². The molecule has 0 saturated carbocycles. The number of H-pyrrole nitrogens is 1. The third-order valence-corrected chi connectivity index (χ3v) is 3.04. The summed E-state index contributed by atoms with van der Waals surface area (Å²) in [6.45, 7) is 2.31. The van der Waals surface area contributed by atoms with Gasteiger partial charge in [0.1, 0.15) is 0 Å². The Morgan fingerprint density at radius 3 is 3.14 bits per heavy atom. The molecule has 0 aromatic carbocycles. The molecule has 1 aromatic rings. The number of nitrogens with one attached hydrogen (secondary N) is 2. The van der Waals surface area contributed by atoms with Crippen molar-refractivity contribution in [3.8, 4) is 0 Å². The summed E-state index contributed by atoms with van der Waals surface area (Å²) in [5.41, 5.74) is 7.35. The predicted molar refractivity (Wildman–Crippen MR) is 57.9 cm³/mol. The summed E-state index contributed by atoms with van der Waals surface area (Å²) in [5, 5.41) is 3.42. The maximum Gasteiger partial charge on any atom is 0.0313 e. The van der Waals surface area contributed by atoms with Gasteiger partial charge < -0.3 is 16.0 Å². The van der Waals surface area contributed by atoms with Crippen LogP contribution in [0.1, 0.15) is 30.9 Å². The van der Waals surface area contributed by atoms with Crippen molar-refractivity contribution < 1.29 is 0 Å². The molecular weight excluding hydrogens is 174 g/mol. The zero-order valence-corrected chi connectivity index (χ0v) is 8.50. The smallest absolute Gasteiger partial charge is 0.0313 e. The molecule has 4 N–H and O–H groups in total. The van der Waals surface area contributed by atoms with E-state index in [1.807, 2.05) is 12.4 Å². The molecule has 0 bridgehead atoms. The molecule has 0 amide bonds. The molecule has 2 heterocycles. The van der Waals surface area contributed by atoms with Gasteiger partial charge in [0, 0.05) is 18.4 Å². The SMILES string of the molecule is NC(CC1CCCNC1)c1cc[nH]c1. The molecule has 0 radical (unpaired) electrons. The third-order valence-electron chi connectivity index (χ3n) is 3.04. The van der Waals surface area contributed by atoms with Crippen molar-refractivity contribution in [2.75, 3.05) is 13.1 Å². The molecule has 14 heavy (non-hydrogen) atoms. The fourth-order valence-electron chi connectivity index (χ4n) is 2.19.